The summed E-state index contributed by atoms with van der Waals surface area (Å²) in [6.07, 6.45) is 7.52. The molecule has 3 aliphatic rings. The average molecular weight is 379 g/mol. The van der Waals surface area contributed by atoms with Crippen molar-refractivity contribution in [3.8, 4) is 0 Å². The van der Waals surface area contributed by atoms with Crippen LogP contribution in [-0.2, 0) is 9.53 Å². The molecule has 0 aromatic rings. The van der Waals surface area contributed by atoms with Gasteiger partial charge in [0.2, 0.25) is 0 Å². The molecule has 0 saturated heterocycles. The van der Waals surface area contributed by atoms with Crippen molar-refractivity contribution >= 4 is 5.97 Å². The van der Waals surface area contributed by atoms with Crippen molar-refractivity contribution in [1.29, 1.82) is 0 Å². The van der Waals surface area contributed by atoms with E-state index in [1.807, 2.05) is 6.08 Å². The summed E-state index contributed by atoms with van der Waals surface area (Å²) in [4.78, 5) is 12.1. The van der Waals surface area contributed by atoms with E-state index < -0.39 is 11.5 Å². The molecule has 3 rings (SSSR count). The molecule has 0 aromatic carbocycles. The third-order valence-corrected chi connectivity index (χ3v) is 8.97. The highest BCUT2D eigenvalue weighted by atomic mass is 16.5. The number of esters is 1. The summed E-state index contributed by atoms with van der Waals surface area (Å²) < 4.78 is 5.15. The Morgan fingerprint density at radius 2 is 1.96 bits per heavy atom. The van der Waals surface area contributed by atoms with Gasteiger partial charge in [0.05, 0.1) is 12.7 Å². The summed E-state index contributed by atoms with van der Waals surface area (Å²) in [6, 6.07) is 0. The van der Waals surface area contributed by atoms with Gasteiger partial charge < -0.3 is 14.9 Å². The zero-order valence-electron chi connectivity index (χ0n) is 17.8. The normalized spacial score (nSPS) is 45.8. The van der Waals surface area contributed by atoms with Crippen LogP contribution in [0.5, 0.6) is 0 Å². The number of carbonyl (C=O) groups excluding carboxylic acids is 1. The van der Waals surface area contributed by atoms with Gasteiger partial charge in [0.15, 0.2) is 0 Å². The minimum atomic E-state index is -0.435. The fourth-order valence-corrected chi connectivity index (χ4v) is 6.91. The van der Waals surface area contributed by atoms with E-state index in [1.54, 1.807) is 0 Å². The van der Waals surface area contributed by atoms with Crippen LogP contribution in [0.15, 0.2) is 11.6 Å². The minimum Gasteiger partial charge on any atom is -0.458 e. The maximum Gasteiger partial charge on any atom is 0.334 e. The van der Waals surface area contributed by atoms with Crippen molar-refractivity contribution in [3.63, 3.8) is 0 Å². The van der Waals surface area contributed by atoms with Crippen molar-refractivity contribution in [2.45, 2.75) is 79.2 Å². The lowest BCUT2D eigenvalue weighted by Crippen LogP contribution is -2.60. The molecule has 7 unspecified atom stereocenters. The molecule has 0 aromatic heterocycles. The molecule has 7 atom stereocenters. The molecular formula is C23H38O4. The standard InChI is InChI=1S/C23H38O4/c1-6-21(3)10-7-17-22(4,11-8-19(25)23(17,5)14-24)18(21)13-15(2)16-9-12-27-20(16)26/h9,15,17-19,24-25H,6-8,10-14H2,1-5H3. The fourth-order valence-electron chi connectivity index (χ4n) is 6.91. The molecule has 2 saturated carbocycles. The Morgan fingerprint density at radius 1 is 1.26 bits per heavy atom. The lowest BCUT2D eigenvalue weighted by molar-refractivity contribution is -0.192. The van der Waals surface area contributed by atoms with E-state index in [0.29, 0.717) is 18.4 Å². The Kier molecular flexibility index (Phi) is 5.55. The molecule has 27 heavy (non-hydrogen) atoms. The van der Waals surface area contributed by atoms with Gasteiger partial charge in [-0.15, -0.1) is 0 Å². The smallest absolute Gasteiger partial charge is 0.334 e. The number of hydrogen-bond acceptors (Lipinski definition) is 4. The highest BCUT2D eigenvalue weighted by Gasteiger charge is 2.61. The summed E-state index contributed by atoms with van der Waals surface area (Å²) >= 11 is 0. The topological polar surface area (TPSA) is 66.8 Å². The van der Waals surface area contributed by atoms with Gasteiger partial charge in [-0.1, -0.05) is 41.0 Å². The molecule has 4 nitrogen and oxygen atoms in total. The Bertz CT molecular complexity index is 613. The monoisotopic (exact) mass is 378 g/mol. The van der Waals surface area contributed by atoms with Gasteiger partial charge in [0.25, 0.3) is 0 Å². The summed E-state index contributed by atoms with van der Waals surface area (Å²) in [6.45, 7) is 11.8. The van der Waals surface area contributed by atoms with E-state index >= 15 is 0 Å². The van der Waals surface area contributed by atoms with Crippen molar-refractivity contribution < 1.29 is 19.7 Å². The van der Waals surface area contributed by atoms with Gasteiger partial charge in [-0.3, -0.25) is 0 Å². The number of cyclic esters (lactones) is 1. The molecule has 0 bridgehead atoms. The van der Waals surface area contributed by atoms with Crippen molar-refractivity contribution in [1.82, 2.24) is 0 Å². The molecule has 4 heteroatoms. The Labute approximate surface area is 164 Å². The maximum atomic E-state index is 12.1. The van der Waals surface area contributed by atoms with Crippen LogP contribution in [0.4, 0.5) is 0 Å². The van der Waals surface area contributed by atoms with E-state index in [9.17, 15) is 15.0 Å². The third kappa shape index (κ3) is 3.17. The minimum absolute atomic E-state index is 0.0387. The predicted octanol–water partition coefficient (Wildman–Crippen LogP) is 4.10. The number of ether oxygens (including phenoxy) is 1. The van der Waals surface area contributed by atoms with E-state index in [4.69, 9.17) is 4.74 Å². The van der Waals surface area contributed by atoms with Crippen molar-refractivity contribution in [2.24, 2.45) is 34.0 Å². The molecule has 0 radical (unpaired) electrons. The van der Waals surface area contributed by atoms with E-state index in [0.717, 1.165) is 44.1 Å². The molecule has 0 amide bonds. The van der Waals surface area contributed by atoms with E-state index in [1.165, 1.54) is 0 Å². The number of rotatable bonds is 5. The zero-order valence-corrected chi connectivity index (χ0v) is 17.8. The maximum absolute atomic E-state index is 12.1. The van der Waals surface area contributed by atoms with E-state index in [-0.39, 0.29) is 29.3 Å². The largest absolute Gasteiger partial charge is 0.458 e. The van der Waals surface area contributed by atoms with Crippen molar-refractivity contribution in [3.05, 3.63) is 11.6 Å². The highest BCUT2D eigenvalue weighted by Crippen LogP contribution is 2.66. The molecule has 2 aliphatic carbocycles. The molecule has 1 aliphatic heterocycles. The van der Waals surface area contributed by atoms with Crippen LogP contribution in [0, 0.1) is 34.0 Å². The lowest BCUT2D eigenvalue weighted by atomic mass is 9.41. The van der Waals surface area contributed by atoms with E-state index in [2.05, 4.69) is 34.6 Å². The Morgan fingerprint density at radius 3 is 2.52 bits per heavy atom. The molecule has 2 fully saturated rings. The van der Waals surface area contributed by atoms with Gasteiger partial charge in [-0.25, -0.2) is 4.79 Å². The number of aliphatic hydroxyl groups is 2. The van der Waals surface area contributed by atoms with Gasteiger partial charge >= 0.3 is 5.97 Å². The van der Waals surface area contributed by atoms with Crippen LogP contribution in [0.2, 0.25) is 0 Å². The summed E-state index contributed by atoms with van der Waals surface area (Å²) in [5.41, 5.74) is 0.688. The van der Waals surface area contributed by atoms with Crippen LogP contribution in [-0.4, -0.2) is 35.5 Å². The SMILES string of the molecule is CCC1(C)CCC2C(C)(CO)C(O)CCC2(C)C1CC(C)C1=CCOC1=O. The first kappa shape index (κ1) is 20.9. The van der Waals surface area contributed by atoms with Gasteiger partial charge in [0.1, 0.15) is 6.61 Å². The first-order valence-electron chi connectivity index (χ1n) is 10.8. The second-order valence-electron chi connectivity index (χ2n) is 10.3. The summed E-state index contributed by atoms with van der Waals surface area (Å²) in [5.74, 6) is 0.785. The third-order valence-electron chi connectivity index (χ3n) is 8.97. The summed E-state index contributed by atoms with van der Waals surface area (Å²) in [5, 5.41) is 20.9. The zero-order chi connectivity index (χ0) is 20.0. The average Bonchev–Trinajstić information content (AvgIpc) is 3.07. The lowest BCUT2D eigenvalue weighted by Gasteiger charge is -2.64. The Hall–Kier alpha value is -0.870. The number of fused-ring (bicyclic) bond motifs is 1. The highest BCUT2D eigenvalue weighted by molar-refractivity contribution is 5.90. The first-order valence-corrected chi connectivity index (χ1v) is 10.8. The van der Waals surface area contributed by atoms with Crippen LogP contribution >= 0.6 is 0 Å². The molecule has 1 heterocycles. The van der Waals surface area contributed by atoms with Crippen molar-refractivity contribution in [2.75, 3.05) is 13.2 Å². The molecule has 0 spiro atoms. The Balaban J connectivity index is 1.95. The first-order chi connectivity index (χ1) is 12.6. The van der Waals surface area contributed by atoms with Gasteiger partial charge in [0, 0.05) is 11.0 Å². The summed E-state index contributed by atoms with van der Waals surface area (Å²) in [7, 11) is 0. The molecule has 154 valence electrons. The second-order valence-corrected chi connectivity index (χ2v) is 10.3. The quantitative estimate of drug-likeness (QED) is 0.707. The fraction of sp³-hybridized carbons (Fsp3) is 0.870. The van der Waals surface area contributed by atoms with Crippen LogP contribution in [0.25, 0.3) is 0 Å². The molecular weight excluding hydrogens is 340 g/mol. The molecule has 2 N–H and O–H groups in total. The van der Waals surface area contributed by atoms with Gasteiger partial charge in [-0.2, -0.15) is 0 Å². The second kappa shape index (κ2) is 7.18. The number of carbonyl (C=O) groups is 1. The predicted molar refractivity (Wildman–Crippen MR) is 106 cm³/mol. The number of hydrogen-bond donors (Lipinski definition) is 2. The van der Waals surface area contributed by atoms with Crippen LogP contribution < -0.4 is 0 Å². The van der Waals surface area contributed by atoms with Gasteiger partial charge in [-0.05, 0) is 66.8 Å². The van der Waals surface area contributed by atoms with Crippen LogP contribution in [0.1, 0.15) is 73.1 Å². The number of aliphatic hydroxyl groups excluding tert-OH is 2. The van der Waals surface area contributed by atoms with Crippen LogP contribution in [0.3, 0.4) is 0 Å².